The highest BCUT2D eigenvalue weighted by Crippen LogP contribution is 2.35. The number of aryl methyl sites for hydroxylation is 2. The zero-order valence-electron chi connectivity index (χ0n) is 51.2. The van der Waals surface area contributed by atoms with Crippen molar-refractivity contribution in [2.45, 2.75) is 110 Å². The number of quaternary nitrogens is 1. The number of benzene rings is 3. The Morgan fingerprint density at radius 2 is 1.65 bits per heavy atom. The van der Waals surface area contributed by atoms with Gasteiger partial charge in [-0.1, -0.05) is 61.3 Å². The molecule has 88 heavy (non-hydrogen) atoms. The fourth-order valence-electron chi connectivity index (χ4n) is 8.68. The number of anilines is 5. The second-order valence-electron chi connectivity index (χ2n) is 23.2. The number of aliphatic hydroxyl groups excluding tert-OH is 1. The molecule has 0 spiro atoms. The number of alkyl carbamates (subject to hydrolysis) is 1. The summed E-state index contributed by atoms with van der Waals surface area (Å²) in [4.78, 5) is 88.7. The number of halogens is 1. The van der Waals surface area contributed by atoms with E-state index in [1.807, 2.05) is 58.4 Å². The first-order valence-electron chi connectivity index (χ1n) is 28.6. The molecule has 0 bridgehead atoms. The van der Waals surface area contributed by atoms with Gasteiger partial charge in [-0.3, -0.25) is 9.59 Å². The molecule has 3 aromatic carbocycles. The topological polar surface area (TPSA) is 318 Å². The Bertz CT molecular complexity index is 3420. The minimum absolute atomic E-state index is 0.0362. The molecule has 0 saturated carbocycles. The van der Waals surface area contributed by atoms with Gasteiger partial charge >= 0.3 is 18.2 Å². The summed E-state index contributed by atoms with van der Waals surface area (Å²) in [5.41, 5.74) is 7.06. The molecule has 0 fully saturated rings. The van der Waals surface area contributed by atoms with Crippen LogP contribution in [0, 0.1) is 30.5 Å². The number of thiazole rings is 2. The third kappa shape index (κ3) is 21.9. The van der Waals surface area contributed by atoms with Crippen molar-refractivity contribution < 1.29 is 62.1 Å². The normalized spacial score (nSPS) is 12.4. The van der Waals surface area contributed by atoms with E-state index in [9.17, 15) is 39.0 Å². The number of carboxylic acid groups (broad SMARTS) is 1. The molecule has 6 aromatic rings. The third-order valence-corrected chi connectivity index (χ3v) is 15.1. The fraction of sp³-hybridized carbons (Fsp3) is 0.443. The summed E-state index contributed by atoms with van der Waals surface area (Å²) in [6.07, 6.45) is -0.107. The lowest BCUT2D eigenvalue weighted by molar-refractivity contribution is -0.873. The number of amides is 6. The van der Waals surface area contributed by atoms with Crippen molar-refractivity contribution in [3.05, 3.63) is 106 Å². The van der Waals surface area contributed by atoms with E-state index >= 15 is 4.39 Å². The third-order valence-electron chi connectivity index (χ3n) is 13.0. The number of aromatic nitrogens is 4. The van der Waals surface area contributed by atoms with Crippen LogP contribution < -0.4 is 47.1 Å². The lowest BCUT2D eigenvalue weighted by atomic mass is 10.0. The Balaban J connectivity index is 0.992. The van der Waals surface area contributed by atoms with E-state index in [1.165, 1.54) is 46.8 Å². The quantitative estimate of drug-likeness (QED) is 0.0139. The first kappa shape index (κ1) is 68.4. The number of para-hydroxylation sites is 1. The van der Waals surface area contributed by atoms with E-state index in [0.29, 0.717) is 80.4 Å². The maximum absolute atomic E-state index is 15.3. The van der Waals surface area contributed by atoms with Crippen molar-refractivity contribution >= 4 is 96.5 Å². The summed E-state index contributed by atoms with van der Waals surface area (Å²) < 4.78 is 33.5. The van der Waals surface area contributed by atoms with Crippen molar-refractivity contribution in [3.8, 4) is 17.6 Å². The number of urea groups is 1. The number of aromatic carboxylic acids is 1. The lowest BCUT2D eigenvalue weighted by Gasteiger charge is -2.27. The van der Waals surface area contributed by atoms with Gasteiger partial charge in [0.25, 0.3) is 0 Å². The van der Waals surface area contributed by atoms with Gasteiger partial charge in [-0.25, -0.2) is 28.7 Å². The Labute approximate surface area is 519 Å². The average Bonchev–Trinajstić information content (AvgIpc) is 3.79. The predicted molar refractivity (Wildman–Crippen MR) is 333 cm³/mol. The Hall–Kier alpha value is -8.71. The maximum atomic E-state index is 15.3. The summed E-state index contributed by atoms with van der Waals surface area (Å²) >= 11 is 2.65. The average molecular weight is 1250 g/mol. The number of nitrogens with two attached hydrogens (primary N) is 1. The second kappa shape index (κ2) is 31.8. The van der Waals surface area contributed by atoms with Gasteiger partial charge in [0.2, 0.25) is 11.8 Å². The molecule has 0 radical (unpaired) electrons. The van der Waals surface area contributed by atoms with Gasteiger partial charge in [-0.2, -0.15) is 0 Å². The number of carbonyl (C=O) groups is 6. The van der Waals surface area contributed by atoms with Gasteiger partial charge in [0.1, 0.15) is 42.6 Å². The van der Waals surface area contributed by atoms with E-state index in [2.05, 4.69) is 58.6 Å². The largest absolute Gasteiger partial charge is 0.543 e. The van der Waals surface area contributed by atoms with Gasteiger partial charge in [0.15, 0.2) is 33.5 Å². The molecule has 472 valence electrons. The number of hydrogen-bond acceptors (Lipinski definition) is 19. The van der Waals surface area contributed by atoms with Crippen molar-refractivity contribution in [1.29, 1.82) is 0 Å². The van der Waals surface area contributed by atoms with Crippen molar-refractivity contribution in [3.63, 3.8) is 0 Å². The number of likely N-dealkylation sites (N-methyl/N-ethyl adjacent to an activating group) is 1. The molecule has 0 saturated heterocycles. The number of aliphatic hydroxyl groups is 1. The number of nitrogens with zero attached hydrogens (tertiary/aromatic N) is 7. The van der Waals surface area contributed by atoms with Gasteiger partial charge in [-0.05, 0) is 132 Å². The summed E-state index contributed by atoms with van der Waals surface area (Å²) in [6, 6.07) is 17.5. The number of ether oxygens (including phenoxy) is 3. The van der Waals surface area contributed by atoms with Crippen LogP contribution in [0.2, 0.25) is 0 Å². The van der Waals surface area contributed by atoms with Crippen LogP contribution in [0.4, 0.5) is 46.4 Å². The lowest BCUT2D eigenvalue weighted by Crippen LogP contribution is -2.55. The van der Waals surface area contributed by atoms with E-state index < -0.39 is 65.6 Å². The van der Waals surface area contributed by atoms with Gasteiger partial charge < -0.3 is 75.8 Å². The van der Waals surface area contributed by atoms with Crippen LogP contribution in [0.5, 0.6) is 5.75 Å². The van der Waals surface area contributed by atoms with Crippen LogP contribution in [-0.4, -0.2) is 155 Å². The molecule has 6 rings (SSSR count). The second-order valence-corrected chi connectivity index (χ2v) is 25.3. The molecule has 0 aliphatic carbocycles. The molecule has 8 N–H and O–H groups in total. The molecule has 0 aliphatic rings. The van der Waals surface area contributed by atoms with Crippen molar-refractivity contribution in [2.75, 3.05) is 76.5 Å². The molecular formula is C61H78FN13O11S2. The molecule has 24 nitrogen and oxygen atoms in total. The monoisotopic (exact) mass is 1250 g/mol. The number of carbonyl (C=O) groups excluding carboxylic acids is 6. The molecule has 0 aliphatic heterocycles. The number of hydrogen-bond donors (Lipinski definition) is 7. The molecule has 3 heterocycles. The number of primary amides is 1. The van der Waals surface area contributed by atoms with Crippen LogP contribution in [0.15, 0.2) is 72.8 Å². The number of carboxylic acids is 1. The number of fused-ring (bicyclic) bond motifs is 1. The van der Waals surface area contributed by atoms with Crippen molar-refractivity contribution in [2.24, 2.45) is 11.7 Å². The highest BCUT2D eigenvalue weighted by atomic mass is 32.1. The van der Waals surface area contributed by atoms with E-state index in [4.69, 9.17) is 19.9 Å². The van der Waals surface area contributed by atoms with E-state index in [0.717, 1.165) is 15.8 Å². The zero-order valence-corrected chi connectivity index (χ0v) is 52.8. The van der Waals surface area contributed by atoms with E-state index in [1.54, 1.807) is 69.9 Å². The highest BCUT2D eigenvalue weighted by Gasteiger charge is 2.31. The Morgan fingerprint density at radius 3 is 2.31 bits per heavy atom. The number of rotatable bonds is 29. The van der Waals surface area contributed by atoms with Crippen LogP contribution in [0.3, 0.4) is 0 Å². The summed E-state index contributed by atoms with van der Waals surface area (Å²) in [5, 5.41) is 47.1. The summed E-state index contributed by atoms with van der Waals surface area (Å²) in [5.74, 6) is 2.91. The highest BCUT2D eigenvalue weighted by molar-refractivity contribution is 7.22. The van der Waals surface area contributed by atoms with Crippen LogP contribution in [0.25, 0.3) is 10.2 Å². The smallest absolute Gasteiger partial charge is 0.410 e. The predicted octanol–water partition coefficient (Wildman–Crippen LogP) is 7.14. The van der Waals surface area contributed by atoms with Gasteiger partial charge in [0, 0.05) is 36.3 Å². The fourth-order valence-corrected chi connectivity index (χ4v) is 10.7. The molecule has 1 unspecified atom stereocenters. The maximum Gasteiger partial charge on any atom is 0.410 e. The van der Waals surface area contributed by atoms with Crippen LogP contribution in [-0.2, 0) is 32.1 Å². The Morgan fingerprint density at radius 1 is 0.909 bits per heavy atom. The van der Waals surface area contributed by atoms with Gasteiger partial charge in [-0.15, -0.1) is 21.5 Å². The molecule has 6 amide bonds. The minimum atomic E-state index is -1.45. The van der Waals surface area contributed by atoms with Crippen molar-refractivity contribution in [1.82, 2.24) is 41.0 Å². The SMILES string of the molecule is Cc1cc(N(CCCC(O)C[N+](C)(C)C)c2nc(C(=O)[O-])c(CCCOc3ccc(C#CCN(C)C(=O)OCc4ccc(NC(=O)[C@H](CCCNC(N)=O)NC(=O)[C@@H](NC(=O)OC(C)(C)C)C(C)C)cc4)cc3F)s2)nnc1Nc1nc2ccccc2s1. The Kier molecular flexibility index (Phi) is 24.7. The summed E-state index contributed by atoms with van der Waals surface area (Å²) in [7, 11) is 7.50. The molecule has 27 heteroatoms. The van der Waals surface area contributed by atoms with Crippen LogP contribution in [0.1, 0.15) is 98.8 Å². The first-order valence-corrected chi connectivity index (χ1v) is 30.2. The first-order chi connectivity index (χ1) is 41.6. The molecule has 3 atom stereocenters. The van der Waals surface area contributed by atoms with Crippen LogP contribution >= 0.6 is 22.7 Å². The molecular weight excluding hydrogens is 1170 g/mol. The van der Waals surface area contributed by atoms with E-state index in [-0.39, 0.29) is 62.9 Å². The summed E-state index contributed by atoms with van der Waals surface area (Å²) in [6.45, 7) is 11.3. The zero-order chi connectivity index (χ0) is 64.3. The van der Waals surface area contributed by atoms with Gasteiger partial charge in [0.05, 0.1) is 50.5 Å². The standard InChI is InChI=1S/C61H78FN13O11S2/c1-37(2)50(69-59(82)86-61(4,5)6)54(78)66-45(20-13-29-64-56(63)81)53(77)65-41-26-23-40(24-27-41)36-85-60(83)73(7)30-14-17-39-25-28-46(43(62)34-39)84-32-16-22-48-51(55(79)80)68-58(88-48)74(31-15-18-42(76)35-75(8,9)10)49-33-38(3)52(72-71-49)70-57-67-44-19-11-12-21-47(44)87-57/h11-12,19,21,23-28,33-34,37,42,45,50,76H,13,15-16,18,20,22,29-32,35-36H2,1-10H3,(H7-,63,64,65,66,67,69,70,72,77,78,79,80,81,82)/t42?,45-,50-/m0/s1. The number of nitrogens with one attached hydrogen (secondary N) is 5. The molecule has 3 aromatic heterocycles. The minimum Gasteiger partial charge on any atom is -0.543 e.